The molecule has 0 saturated heterocycles. The summed E-state index contributed by atoms with van der Waals surface area (Å²) in [6.07, 6.45) is 1.78. The number of fused-ring (bicyclic) bond motifs is 1. The third-order valence-corrected chi connectivity index (χ3v) is 3.59. The summed E-state index contributed by atoms with van der Waals surface area (Å²) in [5, 5.41) is 5.14. The predicted octanol–water partition coefficient (Wildman–Crippen LogP) is 2.80. The van der Waals surface area contributed by atoms with Gasteiger partial charge in [0.1, 0.15) is 5.75 Å². The Morgan fingerprint density at radius 3 is 2.88 bits per heavy atom. The molecule has 86 valence electrons. The van der Waals surface area contributed by atoms with Gasteiger partial charge >= 0.3 is 0 Å². The standard InChI is InChI=1S/C12H11N3OS/c1-8-5-6-13-15(8)12-14-10-4-3-9(16-2)7-11(10)17-12/h3-7H,1-2H3. The van der Waals surface area contributed by atoms with Crippen molar-refractivity contribution in [3.8, 4) is 10.9 Å². The summed E-state index contributed by atoms with van der Waals surface area (Å²) in [5.41, 5.74) is 2.05. The Labute approximate surface area is 102 Å². The zero-order valence-corrected chi connectivity index (χ0v) is 10.4. The quantitative estimate of drug-likeness (QED) is 0.697. The van der Waals surface area contributed by atoms with E-state index in [0.29, 0.717) is 0 Å². The lowest BCUT2D eigenvalue weighted by Crippen LogP contribution is -1.96. The monoisotopic (exact) mass is 245 g/mol. The third-order valence-electron chi connectivity index (χ3n) is 2.60. The van der Waals surface area contributed by atoms with E-state index in [1.54, 1.807) is 24.6 Å². The lowest BCUT2D eigenvalue weighted by molar-refractivity contribution is 0.415. The van der Waals surface area contributed by atoms with Crippen LogP contribution < -0.4 is 4.74 Å². The van der Waals surface area contributed by atoms with E-state index in [0.717, 1.165) is 26.8 Å². The number of benzene rings is 1. The molecule has 4 nitrogen and oxygen atoms in total. The Morgan fingerprint density at radius 1 is 1.29 bits per heavy atom. The van der Waals surface area contributed by atoms with Gasteiger partial charge in [0.2, 0.25) is 5.13 Å². The van der Waals surface area contributed by atoms with Crippen molar-refractivity contribution in [2.24, 2.45) is 0 Å². The van der Waals surface area contributed by atoms with Crippen LogP contribution in [-0.4, -0.2) is 21.9 Å². The van der Waals surface area contributed by atoms with Crippen LogP contribution in [0.1, 0.15) is 5.69 Å². The van der Waals surface area contributed by atoms with Gasteiger partial charge in [-0.15, -0.1) is 0 Å². The molecule has 0 spiro atoms. The van der Waals surface area contributed by atoms with E-state index in [1.807, 2.05) is 35.9 Å². The summed E-state index contributed by atoms with van der Waals surface area (Å²) in [7, 11) is 1.67. The summed E-state index contributed by atoms with van der Waals surface area (Å²) >= 11 is 1.61. The second-order valence-electron chi connectivity index (χ2n) is 3.71. The number of aryl methyl sites for hydroxylation is 1. The van der Waals surface area contributed by atoms with Crippen molar-refractivity contribution in [3.63, 3.8) is 0 Å². The molecule has 0 aliphatic heterocycles. The van der Waals surface area contributed by atoms with Gasteiger partial charge in [-0.05, 0) is 31.2 Å². The van der Waals surface area contributed by atoms with Crippen LogP contribution in [0.5, 0.6) is 5.75 Å². The van der Waals surface area contributed by atoms with Crippen LogP contribution in [0.2, 0.25) is 0 Å². The molecule has 0 unspecified atom stereocenters. The highest BCUT2D eigenvalue weighted by Crippen LogP contribution is 2.28. The molecule has 2 aromatic heterocycles. The van der Waals surface area contributed by atoms with Crippen molar-refractivity contribution in [1.29, 1.82) is 0 Å². The molecular formula is C12H11N3OS. The maximum atomic E-state index is 5.20. The van der Waals surface area contributed by atoms with Gasteiger partial charge in [-0.2, -0.15) is 5.10 Å². The van der Waals surface area contributed by atoms with E-state index in [-0.39, 0.29) is 0 Å². The average molecular weight is 245 g/mol. The van der Waals surface area contributed by atoms with Crippen LogP contribution in [0.15, 0.2) is 30.5 Å². The van der Waals surface area contributed by atoms with Gasteiger partial charge in [0.15, 0.2) is 0 Å². The van der Waals surface area contributed by atoms with Crippen molar-refractivity contribution in [2.75, 3.05) is 7.11 Å². The smallest absolute Gasteiger partial charge is 0.211 e. The highest BCUT2D eigenvalue weighted by molar-refractivity contribution is 7.20. The fraction of sp³-hybridized carbons (Fsp3) is 0.167. The number of hydrogen-bond donors (Lipinski definition) is 0. The number of thiazole rings is 1. The zero-order valence-electron chi connectivity index (χ0n) is 9.54. The Balaban J connectivity index is 2.17. The molecule has 0 fully saturated rings. The third kappa shape index (κ3) is 1.68. The summed E-state index contributed by atoms with van der Waals surface area (Å²) < 4.78 is 8.15. The number of aromatic nitrogens is 3. The van der Waals surface area contributed by atoms with Gasteiger partial charge in [0, 0.05) is 11.9 Å². The first-order chi connectivity index (χ1) is 8.28. The Morgan fingerprint density at radius 2 is 2.18 bits per heavy atom. The van der Waals surface area contributed by atoms with Gasteiger partial charge in [-0.25, -0.2) is 9.67 Å². The number of ether oxygens (including phenoxy) is 1. The van der Waals surface area contributed by atoms with Gasteiger partial charge in [-0.1, -0.05) is 11.3 Å². The van der Waals surface area contributed by atoms with Crippen LogP contribution >= 0.6 is 11.3 Å². The van der Waals surface area contributed by atoms with Crippen molar-refractivity contribution in [1.82, 2.24) is 14.8 Å². The summed E-state index contributed by atoms with van der Waals surface area (Å²) in [6, 6.07) is 7.84. The fourth-order valence-electron chi connectivity index (χ4n) is 1.68. The number of hydrogen-bond acceptors (Lipinski definition) is 4. The van der Waals surface area contributed by atoms with Crippen LogP contribution in [0, 0.1) is 6.92 Å². The molecule has 0 amide bonds. The molecule has 17 heavy (non-hydrogen) atoms. The van der Waals surface area contributed by atoms with Crippen molar-refractivity contribution in [2.45, 2.75) is 6.92 Å². The van der Waals surface area contributed by atoms with Crippen molar-refractivity contribution < 1.29 is 4.74 Å². The van der Waals surface area contributed by atoms with Gasteiger partial charge in [0.25, 0.3) is 0 Å². The molecule has 3 rings (SSSR count). The Hall–Kier alpha value is -1.88. The number of nitrogens with zero attached hydrogens (tertiary/aromatic N) is 3. The molecular weight excluding hydrogens is 234 g/mol. The normalized spacial score (nSPS) is 10.9. The average Bonchev–Trinajstić information content (AvgIpc) is 2.93. The first kappa shape index (κ1) is 10.3. The lowest BCUT2D eigenvalue weighted by atomic mass is 10.3. The molecule has 5 heteroatoms. The lowest BCUT2D eigenvalue weighted by Gasteiger charge is -1.96. The van der Waals surface area contributed by atoms with E-state index in [4.69, 9.17) is 4.74 Å². The predicted molar refractivity (Wildman–Crippen MR) is 68.0 cm³/mol. The minimum atomic E-state index is 0.852. The summed E-state index contributed by atoms with van der Waals surface area (Å²) in [4.78, 5) is 4.55. The summed E-state index contributed by atoms with van der Waals surface area (Å²) in [5.74, 6) is 0.852. The second kappa shape index (κ2) is 3.85. The SMILES string of the molecule is COc1ccc2nc(-n3nccc3C)sc2c1. The highest BCUT2D eigenvalue weighted by atomic mass is 32.1. The van der Waals surface area contributed by atoms with E-state index in [9.17, 15) is 0 Å². The first-order valence-corrected chi connectivity index (χ1v) is 6.05. The maximum absolute atomic E-state index is 5.20. The van der Waals surface area contributed by atoms with Crippen LogP contribution in [-0.2, 0) is 0 Å². The molecule has 0 saturated carbocycles. The molecule has 0 radical (unpaired) electrons. The molecule has 0 N–H and O–H groups in total. The van der Waals surface area contributed by atoms with Gasteiger partial charge < -0.3 is 4.74 Å². The second-order valence-corrected chi connectivity index (χ2v) is 4.72. The Bertz CT molecular complexity index is 671. The molecule has 0 aliphatic rings. The molecule has 1 aromatic carbocycles. The highest BCUT2D eigenvalue weighted by Gasteiger charge is 2.08. The van der Waals surface area contributed by atoms with Gasteiger partial charge in [-0.3, -0.25) is 0 Å². The molecule has 0 atom stereocenters. The Kier molecular flexibility index (Phi) is 2.33. The topological polar surface area (TPSA) is 39.9 Å². The van der Waals surface area contributed by atoms with E-state index in [1.165, 1.54) is 0 Å². The van der Waals surface area contributed by atoms with Crippen molar-refractivity contribution in [3.05, 3.63) is 36.2 Å². The molecule has 0 aliphatic carbocycles. The van der Waals surface area contributed by atoms with Crippen molar-refractivity contribution >= 4 is 21.6 Å². The number of rotatable bonds is 2. The largest absolute Gasteiger partial charge is 0.497 e. The number of methoxy groups -OCH3 is 1. The van der Waals surface area contributed by atoms with E-state index in [2.05, 4.69) is 10.1 Å². The van der Waals surface area contributed by atoms with Gasteiger partial charge in [0.05, 0.1) is 17.3 Å². The minimum absolute atomic E-state index is 0.852. The molecule has 3 aromatic rings. The van der Waals surface area contributed by atoms with Crippen LogP contribution in [0.3, 0.4) is 0 Å². The zero-order chi connectivity index (χ0) is 11.8. The van der Waals surface area contributed by atoms with E-state index >= 15 is 0 Å². The minimum Gasteiger partial charge on any atom is -0.497 e. The first-order valence-electron chi connectivity index (χ1n) is 5.23. The fourth-order valence-corrected chi connectivity index (χ4v) is 2.69. The molecule has 0 bridgehead atoms. The van der Waals surface area contributed by atoms with E-state index < -0.39 is 0 Å². The molecule has 2 heterocycles. The maximum Gasteiger partial charge on any atom is 0.211 e. The van der Waals surface area contributed by atoms with Crippen LogP contribution in [0.25, 0.3) is 15.3 Å². The summed E-state index contributed by atoms with van der Waals surface area (Å²) in [6.45, 7) is 2.01. The van der Waals surface area contributed by atoms with Crippen LogP contribution in [0.4, 0.5) is 0 Å².